The van der Waals surface area contributed by atoms with E-state index in [1.807, 2.05) is 42.5 Å². The van der Waals surface area contributed by atoms with Crippen molar-refractivity contribution in [2.24, 2.45) is 16.0 Å². The summed E-state index contributed by atoms with van der Waals surface area (Å²) in [6.07, 6.45) is 1.71. The van der Waals surface area contributed by atoms with E-state index in [9.17, 15) is 8.42 Å². The molecule has 0 saturated carbocycles. The molecule has 1 aliphatic rings. The van der Waals surface area contributed by atoms with Gasteiger partial charge >= 0.3 is 0 Å². The first kappa shape index (κ1) is 22.8. The first-order valence-corrected chi connectivity index (χ1v) is 12.2. The van der Waals surface area contributed by atoms with Crippen LogP contribution in [-0.4, -0.2) is 32.6 Å². The van der Waals surface area contributed by atoms with Gasteiger partial charge in [-0.2, -0.15) is 0 Å². The second-order valence-electron chi connectivity index (χ2n) is 8.14. The van der Waals surface area contributed by atoms with Crippen LogP contribution in [0.2, 0.25) is 0 Å². The van der Waals surface area contributed by atoms with Gasteiger partial charge in [-0.3, -0.25) is 0 Å². The summed E-state index contributed by atoms with van der Waals surface area (Å²) in [5, 5.41) is 24.6. The quantitative estimate of drug-likeness (QED) is 0.164. The maximum absolute atomic E-state index is 12.0. The zero-order chi connectivity index (χ0) is 23.5. The average molecular weight is 466 g/mol. The number of amidine groups is 1. The van der Waals surface area contributed by atoms with E-state index in [1.165, 1.54) is 6.07 Å². The summed E-state index contributed by atoms with van der Waals surface area (Å²) >= 11 is 0. The van der Waals surface area contributed by atoms with E-state index in [2.05, 4.69) is 15.8 Å². The molecule has 0 atom stereocenters. The Morgan fingerprint density at radius 1 is 1.00 bits per heavy atom. The summed E-state index contributed by atoms with van der Waals surface area (Å²) in [6, 6.07) is 22.1. The molecule has 0 amide bonds. The monoisotopic (exact) mass is 465 g/mol. The lowest BCUT2D eigenvalue weighted by atomic mass is 9.80. The third-order valence-corrected chi connectivity index (χ3v) is 7.02. The summed E-state index contributed by atoms with van der Waals surface area (Å²) in [6.45, 7) is 1.70. The first-order valence-electron chi connectivity index (χ1n) is 10.6. The molecule has 33 heavy (non-hydrogen) atoms. The number of anilines is 1. The van der Waals surface area contributed by atoms with E-state index in [0.717, 1.165) is 42.7 Å². The molecule has 0 aromatic heterocycles. The van der Waals surface area contributed by atoms with Crippen LogP contribution in [0.1, 0.15) is 24.0 Å². The van der Waals surface area contributed by atoms with E-state index in [1.54, 1.807) is 24.3 Å². The molecular weight excluding hydrogens is 438 g/mol. The molecular formula is C24H27N5O3S. The number of hydrogen-bond acceptors (Lipinski definition) is 6. The molecule has 1 aliphatic heterocycles. The summed E-state index contributed by atoms with van der Waals surface area (Å²) in [5.74, 6) is 0.0517. The molecule has 1 fully saturated rings. The second kappa shape index (κ2) is 9.22. The fraction of sp³-hybridized carbons (Fsp3) is 0.208. The van der Waals surface area contributed by atoms with Crippen molar-refractivity contribution in [3.63, 3.8) is 0 Å². The number of rotatable bonds is 6. The highest BCUT2D eigenvalue weighted by Gasteiger charge is 2.34. The number of benzene rings is 3. The molecule has 0 bridgehead atoms. The highest BCUT2D eigenvalue weighted by Crippen LogP contribution is 2.36. The van der Waals surface area contributed by atoms with Gasteiger partial charge in [0.2, 0.25) is 10.0 Å². The Morgan fingerprint density at radius 2 is 1.70 bits per heavy atom. The molecule has 9 heteroatoms. The van der Waals surface area contributed by atoms with Crippen molar-refractivity contribution < 1.29 is 13.6 Å². The summed E-state index contributed by atoms with van der Waals surface area (Å²) < 4.78 is 24.0. The van der Waals surface area contributed by atoms with Crippen LogP contribution in [0.5, 0.6) is 0 Å². The highest BCUT2D eigenvalue weighted by atomic mass is 32.2. The van der Waals surface area contributed by atoms with Gasteiger partial charge in [0.05, 0.1) is 10.4 Å². The van der Waals surface area contributed by atoms with E-state index in [0.29, 0.717) is 11.1 Å². The molecule has 4 rings (SSSR count). The zero-order valence-corrected chi connectivity index (χ0v) is 18.8. The fourth-order valence-corrected chi connectivity index (χ4v) is 5.11. The van der Waals surface area contributed by atoms with Crippen molar-refractivity contribution in [3.05, 3.63) is 83.9 Å². The van der Waals surface area contributed by atoms with Gasteiger partial charge < -0.3 is 21.6 Å². The molecule has 7 N–H and O–H groups in total. The number of hydrogen-bond donors (Lipinski definition) is 5. The minimum absolute atomic E-state index is 0.0517. The van der Waals surface area contributed by atoms with Gasteiger partial charge in [0, 0.05) is 16.8 Å². The third kappa shape index (κ3) is 4.85. The van der Waals surface area contributed by atoms with Gasteiger partial charge in [0.1, 0.15) is 0 Å². The summed E-state index contributed by atoms with van der Waals surface area (Å²) in [7, 11) is -3.84. The molecule has 1 heterocycles. The molecule has 0 radical (unpaired) electrons. The molecule has 3 aromatic carbocycles. The molecule has 3 aromatic rings. The predicted octanol–water partition coefficient (Wildman–Crippen LogP) is 2.79. The molecule has 1 saturated heterocycles. The van der Waals surface area contributed by atoms with Crippen LogP contribution in [0, 0.1) is 0 Å². The van der Waals surface area contributed by atoms with Gasteiger partial charge in [-0.05, 0) is 55.3 Å². The van der Waals surface area contributed by atoms with Gasteiger partial charge in [0.25, 0.3) is 0 Å². The van der Waals surface area contributed by atoms with Gasteiger partial charge in [-0.25, -0.2) is 13.6 Å². The van der Waals surface area contributed by atoms with Gasteiger partial charge in [-0.15, -0.1) is 0 Å². The lowest BCUT2D eigenvalue weighted by molar-refractivity contribution is 0.318. The predicted molar refractivity (Wildman–Crippen MR) is 130 cm³/mol. The second-order valence-corrected chi connectivity index (χ2v) is 9.67. The summed E-state index contributed by atoms with van der Waals surface area (Å²) in [5.41, 5.74) is 9.38. The van der Waals surface area contributed by atoms with E-state index >= 15 is 0 Å². The molecule has 0 unspecified atom stereocenters. The van der Waals surface area contributed by atoms with Crippen LogP contribution in [0.15, 0.2) is 82.8 Å². The lowest BCUT2D eigenvalue weighted by Gasteiger charge is -2.40. The zero-order valence-electron chi connectivity index (χ0n) is 18.0. The average Bonchev–Trinajstić information content (AvgIpc) is 2.84. The summed E-state index contributed by atoms with van der Waals surface area (Å²) in [4.78, 5) is 0.104. The van der Waals surface area contributed by atoms with Gasteiger partial charge in [-0.1, -0.05) is 59.8 Å². The highest BCUT2D eigenvalue weighted by molar-refractivity contribution is 7.89. The van der Waals surface area contributed by atoms with Crippen LogP contribution < -0.4 is 21.5 Å². The largest absolute Gasteiger partial charge is 0.409 e. The van der Waals surface area contributed by atoms with Crippen molar-refractivity contribution in [1.29, 1.82) is 0 Å². The number of nitrogens with one attached hydrogen (secondary N) is 2. The number of nitrogens with zero attached hydrogens (tertiary/aromatic N) is 1. The Morgan fingerprint density at radius 3 is 2.36 bits per heavy atom. The Kier molecular flexibility index (Phi) is 6.37. The van der Waals surface area contributed by atoms with E-state index in [-0.39, 0.29) is 16.3 Å². The Balaban J connectivity index is 1.70. The number of primary sulfonamides is 1. The van der Waals surface area contributed by atoms with Crippen LogP contribution in [0.4, 0.5) is 5.69 Å². The van der Waals surface area contributed by atoms with Crippen molar-refractivity contribution in [1.82, 2.24) is 5.32 Å². The topological polar surface area (TPSA) is 143 Å². The van der Waals surface area contributed by atoms with Crippen LogP contribution in [-0.2, 0) is 15.6 Å². The third-order valence-electron chi connectivity index (χ3n) is 6.05. The minimum atomic E-state index is -3.84. The van der Waals surface area contributed by atoms with Crippen molar-refractivity contribution in [2.75, 3.05) is 18.4 Å². The number of nitrogens with two attached hydrogens (primary N) is 2. The Labute approximate surface area is 193 Å². The van der Waals surface area contributed by atoms with E-state index in [4.69, 9.17) is 16.1 Å². The maximum Gasteiger partial charge on any atom is 0.238 e. The van der Waals surface area contributed by atoms with Crippen molar-refractivity contribution in [3.8, 4) is 11.1 Å². The lowest BCUT2D eigenvalue weighted by Crippen LogP contribution is -2.45. The van der Waals surface area contributed by atoms with Crippen LogP contribution in [0.25, 0.3) is 11.1 Å². The van der Waals surface area contributed by atoms with E-state index < -0.39 is 10.0 Å². The SMILES string of the molecule is N/C(=N\O)c1cccc(NC2(c3ccc(-c4ccccc4S(N)(=O)=O)cc3)CCNCC2)c1. The van der Waals surface area contributed by atoms with Crippen LogP contribution in [0.3, 0.4) is 0 Å². The Hall–Kier alpha value is -3.40. The number of oxime groups is 1. The molecule has 8 nitrogen and oxygen atoms in total. The molecule has 0 aliphatic carbocycles. The smallest absolute Gasteiger partial charge is 0.238 e. The van der Waals surface area contributed by atoms with Crippen molar-refractivity contribution >= 4 is 21.5 Å². The molecule has 172 valence electrons. The maximum atomic E-state index is 12.0. The molecule has 0 spiro atoms. The van der Waals surface area contributed by atoms with Crippen LogP contribution >= 0.6 is 0 Å². The fourth-order valence-electron chi connectivity index (χ4n) is 4.35. The number of sulfonamides is 1. The Bertz CT molecular complexity index is 1270. The first-order chi connectivity index (χ1) is 15.8. The van der Waals surface area contributed by atoms with Gasteiger partial charge in [0.15, 0.2) is 5.84 Å². The van der Waals surface area contributed by atoms with Crippen molar-refractivity contribution in [2.45, 2.75) is 23.3 Å². The standard InChI is InChI=1S/C24H27N5O3S/c25-23(29-30)18-4-3-5-20(16-18)28-24(12-14-27-15-13-24)19-10-8-17(9-11-19)21-6-1-2-7-22(21)33(26,31)32/h1-11,16,27-28,30H,12-15H2,(H2,25,29)(H2,26,31,32). The minimum Gasteiger partial charge on any atom is -0.409 e. The number of piperidine rings is 1. The normalized spacial score (nSPS) is 16.3.